The van der Waals surface area contributed by atoms with Gasteiger partial charge in [0.2, 0.25) is 11.9 Å². The Morgan fingerprint density at radius 1 is 0.532 bits per heavy atom. The van der Waals surface area contributed by atoms with Crippen LogP contribution in [0.1, 0.15) is 65.3 Å². The van der Waals surface area contributed by atoms with Crippen LogP contribution in [-0.4, -0.2) is 39.9 Å². The van der Waals surface area contributed by atoms with Gasteiger partial charge in [-0.25, -0.2) is 29.9 Å². The molecule has 10 nitrogen and oxygen atoms in total. The molecule has 0 fully saturated rings. The predicted octanol–water partition coefficient (Wildman–Crippen LogP) is 8.87. The molecule has 0 saturated heterocycles. The van der Waals surface area contributed by atoms with E-state index in [1.165, 1.54) is 0 Å². The van der Waals surface area contributed by atoms with Crippen molar-refractivity contribution < 1.29 is 0 Å². The normalized spacial score (nSPS) is 13.3. The van der Waals surface area contributed by atoms with E-state index in [0.29, 0.717) is 11.9 Å². The minimum Gasteiger partial charge on any atom is -0.344 e. The monoisotopic (exact) mass is 690 g/mol. The highest BCUT2D eigenvalue weighted by Gasteiger charge is 2.31. The lowest BCUT2D eigenvalue weighted by molar-refractivity contribution is 0.336. The van der Waals surface area contributed by atoms with Gasteiger partial charge in [0.1, 0.15) is 11.6 Å². The van der Waals surface area contributed by atoms with Crippen LogP contribution in [0.15, 0.2) is 96.3 Å². The first-order chi connectivity index (χ1) is 22.4. The first-order valence-electron chi connectivity index (χ1n) is 15.5. The van der Waals surface area contributed by atoms with E-state index >= 15 is 0 Å². The lowest BCUT2D eigenvalue weighted by Gasteiger charge is -2.29. The highest BCUT2D eigenvalue weighted by Crippen LogP contribution is 2.36. The van der Waals surface area contributed by atoms with E-state index in [1.807, 2.05) is 12.4 Å². The Morgan fingerprint density at radius 3 is 1.32 bits per heavy atom. The summed E-state index contributed by atoms with van der Waals surface area (Å²) in [5.74, 6) is 2.80. The van der Waals surface area contributed by atoms with Crippen molar-refractivity contribution in [1.82, 2.24) is 39.9 Å². The summed E-state index contributed by atoms with van der Waals surface area (Å²) >= 11 is 3.40. The van der Waals surface area contributed by atoms with Crippen LogP contribution in [0.3, 0.4) is 0 Å². The molecule has 4 heterocycles. The summed E-state index contributed by atoms with van der Waals surface area (Å²) in [5.41, 5.74) is 6.03. The van der Waals surface area contributed by atoms with Crippen molar-refractivity contribution in [2.45, 2.75) is 53.6 Å². The Hall–Kier alpha value is -4.90. The fourth-order valence-electron chi connectivity index (χ4n) is 5.35. The average Bonchev–Trinajstić information content (AvgIpc) is 3.74. The van der Waals surface area contributed by atoms with Gasteiger partial charge in [0.15, 0.2) is 0 Å². The van der Waals surface area contributed by atoms with Crippen LogP contribution in [-0.2, 0) is 0 Å². The lowest BCUT2D eigenvalue weighted by atomic mass is 9.86. The largest absolute Gasteiger partial charge is 0.344 e. The fraction of sp³-hybridized carbons (Fsp3) is 0.278. The minimum absolute atomic E-state index is 0.0986. The molecule has 4 N–H and O–H groups in total. The number of imidazole rings is 2. The molecule has 6 aromatic rings. The molecule has 0 aliphatic heterocycles. The third kappa shape index (κ3) is 7.57. The zero-order valence-electron chi connectivity index (χ0n) is 27.4. The van der Waals surface area contributed by atoms with Crippen LogP contribution in [0.2, 0.25) is 0 Å². The highest BCUT2D eigenvalue weighted by molar-refractivity contribution is 9.10. The van der Waals surface area contributed by atoms with Gasteiger partial charge in [0, 0.05) is 24.8 Å². The van der Waals surface area contributed by atoms with Gasteiger partial charge in [-0.3, -0.25) is 0 Å². The van der Waals surface area contributed by atoms with Crippen LogP contribution in [0.25, 0.3) is 33.6 Å². The van der Waals surface area contributed by atoms with Crippen molar-refractivity contribution in [3.63, 3.8) is 0 Å². The highest BCUT2D eigenvalue weighted by atomic mass is 79.9. The molecule has 0 spiro atoms. The second kappa shape index (κ2) is 13.1. The van der Waals surface area contributed by atoms with Crippen molar-refractivity contribution in [2.75, 3.05) is 10.6 Å². The molecule has 0 amide bonds. The molecule has 11 heteroatoms. The zero-order valence-corrected chi connectivity index (χ0v) is 29.0. The zero-order chi connectivity index (χ0) is 33.2. The van der Waals surface area contributed by atoms with Gasteiger partial charge < -0.3 is 20.6 Å². The maximum absolute atomic E-state index is 4.74. The summed E-state index contributed by atoms with van der Waals surface area (Å²) in [5, 5.41) is 6.89. The maximum Gasteiger partial charge on any atom is 0.223 e. The van der Waals surface area contributed by atoms with Crippen LogP contribution < -0.4 is 10.6 Å². The van der Waals surface area contributed by atoms with Gasteiger partial charge in [0.05, 0.1) is 40.3 Å². The van der Waals surface area contributed by atoms with E-state index in [1.54, 1.807) is 30.9 Å². The molecule has 0 aliphatic rings. The van der Waals surface area contributed by atoms with Gasteiger partial charge >= 0.3 is 0 Å². The van der Waals surface area contributed by atoms with Crippen molar-refractivity contribution in [2.24, 2.45) is 10.8 Å². The first-order valence-corrected chi connectivity index (χ1v) is 16.3. The number of H-pyrrole nitrogens is 2. The van der Waals surface area contributed by atoms with Crippen molar-refractivity contribution in [1.29, 1.82) is 0 Å². The van der Waals surface area contributed by atoms with Gasteiger partial charge in [0.25, 0.3) is 0 Å². The lowest BCUT2D eigenvalue weighted by Crippen LogP contribution is -2.27. The number of aromatic nitrogens is 8. The number of anilines is 2. The molecule has 6 rings (SSSR count). The number of nitrogens with zero attached hydrogens (tertiary/aromatic N) is 6. The van der Waals surface area contributed by atoms with Crippen molar-refractivity contribution in [3.8, 4) is 33.6 Å². The number of benzene rings is 2. The molecule has 0 radical (unpaired) electrons. The second-order valence-corrected chi connectivity index (χ2v) is 14.6. The van der Waals surface area contributed by atoms with E-state index in [-0.39, 0.29) is 22.9 Å². The Bertz CT molecular complexity index is 1900. The molecular weight excluding hydrogens is 652 g/mol. The van der Waals surface area contributed by atoms with E-state index < -0.39 is 0 Å². The van der Waals surface area contributed by atoms with Gasteiger partial charge in [-0.05, 0) is 55.1 Å². The second-order valence-electron chi connectivity index (χ2n) is 13.7. The number of hydrogen-bond acceptors (Lipinski definition) is 8. The van der Waals surface area contributed by atoms with E-state index in [0.717, 1.165) is 49.8 Å². The van der Waals surface area contributed by atoms with Gasteiger partial charge in [-0.2, -0.15) is 0 Å². The first kappa shape index (κ1) is 32.1. The van der Waals surface area contributed by atoms with Gasteiger partial charge in [-0.15, -0.1) is 0 Å². The van der Waals surface area contributed by atoms with Crippen LogP contribution >= 0.6 is 15.9 Å². The molecule has 0 aliphatic carbocycles. The molecule has 2 aromatic carbocycles. The smallest absolute Gasteiger partial charge is 0.223 e. The molecule has 2 atom stereocenters. The maximum atomic E-state index is 4.74. The average molecular weight is 692 g/mol. The van der Waals surface area contributed by atoms with E-state index in [4.69, 9.17) is 9.97 Å². The number of hydrogen-bond donors (Lipinski definition) is 4. The summed E-state index contributed by atoms with van der Waals surface area (Å²) in [6, 6.07) is 18.6. The molecule has 4 aromatic heterocycles. The Balaban J connectivity index is 1.16. The van der Waals surface area contributed by atoms with E-state index in [2.05, 4.69) is 147 Å². The van der Waals surface area contributed by atoms with Crippen LogP contribution in [0.5, 0.6) is 0 Å². The topological polar surface area (TPSA) is 133 Å². The van der Waals surface area contributed by atoms with E-state index in [9.17, 15) is 0 Å². The molecule has 240 valence electrons. The summed E-state index contributed by atoms with van der Waals surface area (Å²) < 4.78 is 0.833. The molecule has 47 heavy (non-hydrogen) atoms. The SMILES string of the molecule is CC(C)(C)[C@H](Nc1ncccn1)c1ncc(-c2ccc(-c3ccc(-c4cnc([C@@H](Nc5ncc(Br)cn5)C(C)(C)C)[nH]4)cc3)cc2)[nH]1. The van der Waals surface area contributed by atoms with Crippen LogP contribution in [0, 0.1) is 10.8 Å². The Morgan fingerprint density at radius 2 is 0.915 bits per heavy atom. The minimum atomic E-state index is -0.137. The number of nitrogens with one attached hydrogen (secondary N) is 4. The summed E-state index contributed by atoms with van der Waals surface area (Å²) in [4.78, 5) is 34.0. The molecule has 0 bridgehead atoms. The third-order valence-corrected chi connectivity index (χ3v) is 8.34. The Labute approximate surface area is 283 Å². The Kier molecular flexibility index (Phi) is 8.92. The third-order valence-electron chi connectivity index (χ3n) is 7.93. The molecular formula is C36H39BrN10. The summed E-state index contributed by atoms with van der Waals surface area (Å²) in [6.07, 6.45) is 10.7. The number of rotatable bonds is 9. The number of aromatic amines is 2. The standard InChI is InChI=1S/C36H39BrN10/c1-35(2,3)29(46-33-38-16-7-17-39-33)31-40-20-27(44-31)24-12-8-22(9-13-24)23-10-14-25(15-11-23)28-21-41-32(45-28)30(36(4,5)6)47-34-42-18-26(37)19-43-34/h7-21,29-30H,1-6H3,(H,40,44)(H,41,45)(H,38,39,46)(H,42,43,47)/t29-,30-/m1/s1. The quantitative estimate of drug-likeness (QED) is 0.118. The summed E-state index contributed by atoms with van der Waals surface area (Å²) in [6.45, 7) is 13.0. The molecule has 0 saturated carbocycles. The predicted molar refractivity (Wildman–Crippen MR) is 190 cm³/mol. The summed E-state index contributed by atoms with van der Waals surface area (Å²) in [7, 11) is 0. The van der Waals surface area contributed by atoms with Crippen LogP contribution in [0.4, 0.5) is 11.9 Å². The van der Waals surface area contributed by atoms with Crippen molar-refractivity contribution >= 4 is 27.8 Å². The molecule has 0 unspecified atom stereocenters. The van der Waals surface area contributed by atoms with Crippen molar-refractivity contribution in [3.05, 3.63) is 108 Å². The number of halogens is 1. The van der Waals surface area contributed by atoms with Gasteiger partial charge in [-0.1, -0.05) is 90.1 Å². The fourth-order valence-corrected chi connectivity index (χ4v) is 5.56.